The Morgan fingerprint density at radius 1 is 1.38 bits per heavy atom. The molecule has 2 aromatic rings. The molecule has 84 valence electrons. The SMILES string of the molecule is NC1CCN(c2nc3ncccc3[nH]2)CC1. The second kappa shape index (κ2) is 3.75. The van der Waals surface area contributed by atoms with Gasteiger partial charge in [0.15, 0.2) is 5.65 Å². The predicted molar refractivity (Wildman–Crippen MR) is 63.3 cm³/mol. The number of nitrogens with one attached hydrogen (secondary N) is 1. The Labute approximate surface area is 93.7 Å². The van der Waals surface area contributed by atoms with Crippen molar-refractivity contribution in [3.05, 3.63) is 18.3 Å². The van der Waals surface area contributed by atoms with Gasteiger partial charge in [0.05, 0.1) is 5.52 Å². The maximum Gasteiger partial charge on any atom is 0.205 e. The number of piperidine rings is 1. The van der Waals surface area contributed by atoms with Gasteiger partial charge in [-0.3, -0.25) is 0 Å². The zero-order valence-electron chi connectivity index (χ0n) is 9.06. The molecule has 1 aliphatic heterocycles. The van der Waals surface area contributed by atoms with Crippen molar-refractivity contribution in [2.45, 2.75) is 18.9 Å². The number of fused-ring (bicyclic) bond motifs is 1. The molecule has 0 radical (unpaired) electrons. The highest BCUT2D eigenvalue weighted by molar-refractivity contribution is 5.73. The van der Waals surface area contributed by atoms with Gasteiger partial charge in [0.2, 0.25) is 5.95 Å². The summed E-state index contributed by atoms with van der Waals surface area (Å²) in [6, 6.07) is 4.25. The van der Waals surface area contributed by atoms with Crippen LogP contribution in [0.1, 0.15) is 12.8 Å². The van der Waals surface area contributed by atoms with E-state index < -0.39 is 0 Å². The second-order valence-electron chi connectivity index (χ2n) is 4.26. The highest BCUT2D eigenvalue weighted by atomic mass is 15.3. The number of nitrogens with zero attached hydrogens (tertiary/aromatic N) is 3. The van der Waals surface area contributed by atoms with Crippen LogP contribution in [0, 0.1) is 0 Å². The zero-order valence-corrected chi connectivity index (χ0v) is 9.06. The number of nitrogens with two attached hydrogens (primary N) is 1. The van der Waals surface area contributed by atoms with Crippen molar-refractivity contribution in [3.8, 4) is 0 Å². The maximum absolute atomic E-state index is 5.88. The third-order valence-corrected chi connectivity index (χ3v) is 3.08. The van der Waals surface area contributed by atoms with E-state index in [0.717, 1.165) is 43.0 Å². The topological polar surface area (TPSA) is 70.8 Å². The molecule has 5 heteroatoms. The number of aromatic nitrogens is 3. The van der Waals surface area contributed by atoms with Crippen molar-refractivity contribution in [3.63, 3.8) is 0 Å². The van der Waals surface area contributed by atoms with E-state index in [-0.39, 0.29) is 0 Å². The molecule has 1 saturated heterocycles. The van der Waals surface area contributed by atoms with Gasteiger partial charge in [0.25, 0.3) is 0 Å². The predicted octanol–water partition coefficient (Wildman–Crippen LogP) is 0.885. The van der Waals surface area contributed by atoms with Crippen LogP contribution >= 0.6 is 0 Å². The highest BCUT2D eigenvalue weighted by Crippen LogP contribution is 2.18. The van der Waals surface area contributed by atoms with Gasteiger partial charge in [-0.05, 0) is 25.0 Å². The first-order valence-corrected chi connectivity index (χ1v) is 5.64. The van der Waals surface area contributed by atoms with E-state index in [1.165, 1.54) is 0 Å². The van der Waals surface area contributed by atoms with Crippen LogP contribution < -0.4 is 10.6 Å². The lowest BCUT2D eigenvalue weighted by molar-refractivity contribution is 0.497. The van der Waals surface area contributed by atoms with Gasteiger partial charge in [0.1, 0.15) is 0 Å². The van der Waals surface area contributed by atoms with Gasteiger partial charge in [-0.25, -0.2) is 4.98 Å². The average molecular weight is 217 g/mol. The molecule has 0 aromatic carbocycles. The molecule has 1 fully saturated rings. The lowest BCUT2D eigenvalue weighted by Crippen LogP contribution is -2.40. The molecule has 0 amide bonds. The molecule has 3 rings (SSSR count). The quantitative estimate of drug-likeness (QED) is 0.744. The number of aromatic amines is 1. The van der Waals surface area contributed by atoms with Crippen LogP contribution in [0.4, 0.5) is 5.95 Å². The normalized spacial score (nSPS) is 18.2. The summed E-state index contributed by atoms with van der Waals surface area (Å²) in [5.74, 6) is 0.917. The molecule has 5 nitrogen and oxygen atoms in total. The summed E-state index contributed by atoms with van der Waals surface area (Å²) < 4.78 is 0. The fourth-order valence-corrected chi connectivity index (χ4v) is 2.09. The summed E-state index contributed by atoms with van der Waals surface area (Å²) in [4.78, 5) is 14.2. The molecule has 0 unspecified atom stereocenters. The Hall–Kier alpha value is -1.62. The molecule has 3 N–H and O–H groups in total. The summed E-state index contributed by atoms with van der Waals surface area (Å²) in [6.45, 7) is 1.95. The first kappa shape index (κ1) is 9.59. The first-order chi connectivity index (χ1) is 7.83. The van der Waals surface area contributed by atoms with Gasteiger partial charge in [0, 0.05) is 25.3 Å². The monoisotopic (exact) mass is 217 g/mol. The van der Waals surface area contributed by atoms with E-state index in [2.05, 4.69) is 19.9 Å². The van der Waals surface area contributed by atoms with Crippen molar-refractivity contribution in [2.75, 3.05) is 18.0 Å². The Kier molecular flexibility index (Phi) is 2.25. The van der Waals surface area contributed by atoms with E-state index in [9.17, 15) is 0 Å². The smallest absolute Gasteiger partial charge is 0.205 e. The van der Waals surface area contributed by atoms with Crippen molar-refractivity contribution in [1.29, 1.82) is 0 Å². The van der Waals surface area contributed by atoms with Crippen molar-refractivity contribution in [1.82, 2.24) is 15.0 Å². The van der Waals surface area contributed by atoms with Crippen LogP contribution in [0.3, 0.4) is 0 Å². The van der Waals surface area contributed by atoms with Gasteiger partial charge >= 0.3 is 0 Å². The molecule has 2 aromatic heterocycles. The molecule has 0 atom stereocenters. The molecule has 0 bridgehead atoms. The number of H-pyrrole nitrogens is 1. The minimum atomic E-state index is 0.346. The minimum absolute atomic E-state index is 0.346. The molecule has 0 aliphatic carbocycles. The zero-order chi connectivity index (χ0) is 11.0. The summed E-state index contributed by atoms with van der Waals surface area (Å²) in [5.41, 5.74) is 7.66. The molecule has 16 heavy (non-hydrogen) atoms. The Bertz CT molecular complexity index is 451. The number of hydrogen-bond donors (Lipinski definition) is 2. The van der Waals surface area contributed by atoms with Crippen molar-refractivity contribution < 1.29 is 0 Å². The minimum Gasteiger partial charge on any atom is -0.342 e. The average Bonchev–Trinajstić information content (AvgIpc) is 2.73. The van der Waals surface area contributed by atoms with Gasteiger partial charge in [-0.1, -0.05) is 0 Å². The van der Waals surface area contributed by atoms with Crippen LogP contribution in [0.15, 0.2) is 18.3 Å². The van der Waals surface area contributed by atoms with E-state index in [1.807, 2.05) is 12.1 Å². The standard InChI is InChI=1S/C11H15N5/c12-8-3-6-16(7-4-8)11-14-9-2-1-5-13-10(9)15-11/h1-2,5,8H,3-4,6-7,12H2,(H,13,14,15). The summed E-state index contributed by atoms with van der Waals surface area (Å²) in [7, 11) is 0. The fourth-order valence-electron chi connectivity index (χ4n) is 2.09. The van der Waals surface area contributed by atoms with E-state index in [1.54, 1.807) is 6.20 Å². The van der Waals surface area contributed by atoms with Gasteiger partial charge in [-0.2, -0.15) is 4.98 Å². The highest BCUT2D eigenvalue weighted by Gasteiger charge is 2.18. The van der Waals surface area contributed by atoms with E-state index in [4.69, 9.17) is 5.73 Å². The number of anilines is 1. The number of pyridine rings is 1. The van der Waals surface area contributed by atoms with E-state index >= 15 is 0 Å². The number of rotatable bonds is 1. The first-order valence-electron chi connectivity index (χ1n) is 5.64. The van der Waals surface area contributed by atoms with Crippen LogP contribution in [-0.4, -0.2) is 34.1 Å². The number of imidazole rings is 1. The van der Waals surface area contributed by atoms with Crippen molar-refractivity contribution in [2.24, 2.45) is 5.73 Å². The Balaban J connectivity index is 1.88. The lowest BCUT2D eigenvalue weighted by Gasteiger charge is -2.29. The van der Waals surface area contributed by atoms with Crippen LogP contribution in [0.5, 0.6) is 0 Å². The number of hydrogen-bond acceptors (Lipinski definition) is 4. The third kappa shape index (κ3) is 1.63. The fraction of sp³-hybridized carbons (Fsp3) is 0.455. The molecule has 0 spiro atoms. The molecule has 1 aliphatic rings. The largest absolute Gasteiger partial charge is 0.342 e. The summed E-state index contributed by atoms with van der Waals surface area (Å²) >= 11 is 0. The summed E-state index contributed by atoms with van der Waals surface area (Å²) in [6.07, 6.45) is 3.83. The van der Waals surface area contributed by atoms with Gasteiger partial charge < -0.3 is 15.6 Å². The lowest BCUT2D eigenvalue weighted by atomic mass is 10.1. The summed E-state index contributed by atoms with van der Waals surface area (Å²) in [5, 5.41) is 0. The maximum atomic E-state index is 5.88. The van der Waals surface area contributed by atoms with E-state index in [0.29, 0.717) is 6.04 Å². The van der Waals surface area contributed by atoms with Crippen molar-refractivity contribution >= 4 is 17.1 Å². The third-order valence-electron chi connectivity index (χ3n) is 3.08. The van der Waals surface area contributed by atoms with Crippen LogP contribution in [-0.2, 0) is 0 Å². The Morgan fingerprint density at radius 2 is 2.19 bits per heavy atom. The van der Waals surface area contributed by atoms with Gasteiger partial charge in [-0.15, -0.1) is 0 Å². The van der Waals surface area contributed by atoms with Crippen LogP contribution in [0.2, 0.25) is 0 Å². The van der Waals surface area contributed by atoms with Crippen LogP contribution in [0.25, 0.3) is 11.2 Å². The molecular formula is C11H15N5. The molecular weight excluding hydrogens is 202 g/mol. The Morgan fingerprint density at radius 3 is 2.94 bits per heavy atom. The molecule has 0 saturated carbocycles. The second-order valence-corrected chi connectivity index (χ2v) is 4.26. The molecule has 3 heterocycles.